The van der Waals surface area contributed by atoms with Crippen LogP contribution >= 0.6 is 0 Å². The number of carbonyl (C=O) groups is 1. The third kappa shape index (κ3) is 1.28. The van der Waals surface area contributed by atoms with Crippen LogP contribution in [0.4, 0.5) is 0 Å². The topological polar surface area (TPSA) is 35.5 Å². The first-order chi connectivity index (χ1) is 4.38. The molecule has 1 rings (SSSR count). The number of hydrogen-bond acceptors (Lipinski definition) is 3. The minimum absolute atomic E-state index is 0.0116. The van der Waals surface area contributed by atoms with Gasteiger partial charge >= 0.3 is 0 Å². The minimum atomic E-state index is -0.324. The van der Waals surface area contributed by atoms with Gasteiger partial charge in [0.25, 0.3) is 0 Å². The molecule has 52 valence electrons. The highest BCUT2D eigenvalue weighted by Crippen LogP contribution is 2.13. The number of carbonyl (C=O) groups excluding carboxylic acids is 1. The highest BCUT2D eigenvalue weighted by molar-refractivity contribution is 5.57. The lowest BCUT2D eigenvalue weighted by Crippen LogP contribution is -2.22. The summed E-state index contributed by atoms with van der Waals surface area (Å²) in [7, 11) is 0. The summed E-state index contributed by atoms with van der Waals surface area (Å²) in [5.74, 6) is 0. The summed E-state index contributed by atoms with van der Waals surface area (Å²) >= 11 is 0. The van der Waals surface area contributed by atoms with Crippen LogP contribution in [-0.4, -0.2) is 25.3 Å². The van der Waals surface area contributed by atoms with Crippen LogP contribution < -0.4 is 0 Å². The molecule has 1 aliphatic rings. The van der Waals surface area contributed by atoms with Gasteiger partial charge in [-0.05, 0) is 6.42 Å². The Balaban J connectivity index is 2.41. The van der Waals surface area contributed by atoms with Crippen LogP contribution in [0.25, 0.3) is 0 Å². The minimum Gasteiger partial charge on any atom is -0.349 e. The molecule has 0 aromatic carbocycles. The molecule has 3 heteroatoms. The van der Waals surface area contributed by atoms with Crippen molar-refractivity contribution in [3.63, 3.8) is 0 Å². The van der Waals surface area contributed by atoms with Crippen LogP contribution in [0.15, 0.2) is 0 Å². The van der Waals surface area contributed by atoms with Crippen molar-refractivity contribution in [3.8, 4) is 0 Å². The Morgan fingerprint density at radius 1 is 1.67 bits per heavy atom. The van der Waals surface area contributed by atoms with E-state index in [4.69, 9.17) is 9.47 Å². The van der Waals surface area contributed by atoms with Crippen LogP contribution in [0.5, 0.6) is 0 Å². The molecule has 2 atom stereocenters. The lowest BCUT2D eigenvalue weighted by molar-refractivity contribution is -0.116. The average molecular weight is 130 g/mol. The SMILES string of the molecule is CCC1OCOC1C=O. The fraction of sp³-hybridized carbons (Fsp3) is 0.833. The summed E-state index contributed by atoms with van der Waals surface area (Å²) in [6.07, 6.45) is 1.29. The van der Waals surface area contributed by atoms with Crippen LogP contribution in [0, 0.1) is 0 Å². The van der Waals surface area contributed by atoms with E-state index in [0.717, 1.165) is 12.7 Å². The largest absolute Gasteiger partial charge is 0.349 e. The predicted molar refractivity (Wildman–Crippen MR) is 31.0 cm³/mol. The molecule has 0 bridgehead atoms. The smallest absolute Gasteiger partial charge is 0.151 e. The van der Waals surface area contributed by atoms with E-state index in [1.165, 1.54) is 0 Å². The molecular formula is C6H10O3. The maximum absolute atomic E-state index is 10.2. The van der Waals surface area contributed by atoms with E-state index in [1.54, 1.807) is 0 Å². The molecule has 0 amide bonds. The van der Waals surface area contributed by atoms with Crippen molar-refractivity contribution in [2.45, 2.75) is 25.6 Å². The van der Waals surface area contributed by atoms with Gasteiger partial charge in [-0.2, -0.15) is 0 Å². The van der Waals surface area contributed by atoms with E-state index < -0.39 is 0 Å². The Morgan fingerprint density at radius 2 is 2.44 bits per heavy atom. The van der Waals surface area contributed by atoms with Gasteiger partial charge in [0.15, 0.2) is 6.29 Å². The molecule has 1 saturated heterocycles. The standard InChI is InChI=1S/C6H10O3/c1-2-5-6(3-7)9-4-8-5/h3,5-6H,2,4H2,1H3. The molecule has 0 aromatic rings. The van der Waals surface area contributed by atoms with Gasteiger partial charge in [0, 0.05) is 0 Å². The van der Waals surface area contributed by atoms with Crippen molar-refractivity contribution in [1.82, 2.24) is 0 Å². The van der Waals surface area contributed by atoms with Gasteiger partial charge in [-0.25, -0.2) is 0 Å². The van der Waals surface area contributed by atoms with Crippen LogP contribution in [0.1, 0.15) is 13.3 Å². The zero-order valence-corrected chi connectivity index (χ0v) is 5.37. The molecule has 0 aliphatic carbocycles. The van der Waals surface area contributed by atoms with Crippen LogP contribution in [-0.2, 0) is 14.3 Å². The number of hydrogen-bond donors (Lipinski definition) is 0. The Morgan fingerprint density at radius 3 is 2.89 bits per heavy atom. The zero-order chi connectivity index (χ0) is 6.69. The highest BCUT2D eigenvalue weighted by Gasteiger charge is 2.26. The molecule has 0 aromatic heterocycles. The summed E-state index contributed by atoms with van der Waals surface area (Å²) in [6.45, 7) is 2.23. The van der Waals surface area contributed by atoms with Gasteiger partial charge < -0.3 is 14.3 Å². The molecule has 9 heavy (non-hydrogen) atoms. The number of rotatable bonds is 2. The summed E-state index contributed by atoms with van der Waals surface area (Å²) in [5, 5.41) is 0. The quantitative estimate of drug-likeness (QED) is 0.505. The first-order valence-corrected chi connectivity index (χ1v) is 3.07. The normalized spacial score (nSPS) is 34.8. The second-order valence-electron chi connectivity index (χ2n) is 2.00. The first-order valence-electron chi connectivity index (χ1n) is 3.07. The van der Waals surface area contributed by atoms with Gasteiger partial charge in [-0.3, -0.25) is 0 Å². The van der Waals surface area contributed by atoms with Gasteiger partial charge in [-0.1, -0.05) is 6.92 Å². The average Bonchev–Trinajstić information content (AvgIpc) is 2.33. The Bertz CT molecular complexity index is 102. The fourth-order valence-electron chi connectivity index (χ4n) is 0.884. The Kier molecular flexibility index (Phi) is 2.19. The predicted octanol–water partition coefficient (Wildman–Crippen LogP) is 0.337. The van der Waals surface area contributed by atoms with Crippen molar-refractivity contribution in [2.24, 2.45) is 0 Å². The van der Waals surface area contributed by atoms with E-state index in [2.05, 4.69) is 0 Å². The molecule has 0 saturated carbocycles. The van der Waals surface area contributed by atoms with Crippen molar-refractivity contribution in [1.29, 1.82) is 0 Å². The molecule has 1 aliphatic heterocycles. The van der Waals surface area contributed by atoms with E-state index in [0.29, 0.717) is 0 Å². The van der Waals surface area contributed by atoms with E-state index in [-0.39, 0.29) is 19.0 Å². The van der Waals surface area contributed by atoms with Gasteiger partial charge in [-0.15, -0.1) is 0 Å². The molecule has 2 unspecified atom stereocenters. The number of ether oxygens (including phenoxy) is 2. The molecule has 0 radical (unpaired) electrons. The summed E-state index contributed by atoms with van der Waals surface area (Å²) < 4.78 is 9.97. The molecular weight excluding hydrogens is 120 g/mol. The maximum atomic E-state index is 10.2. The van der Waals surface area contributed by atoms with Gasteiger partial charge in [0.05, 0.1) is 6.10 Å². The van der Waals surface area contributed by atoms with Crippen molar-refractivity contribution >= 4 is 6.29 Å². The second kappa shape index (κ2) is 2.94. The molecule has 1 fully saturated rings. The van der Waals surface area contributed by atoms with Crippen molar-refractivity contribution in [3.05, 3.63) is 0 Å². The fourth-order valence-corrected chi connectivity index (χ4v) is 0.884. The lowest BCUT2D eigenvalue weighted by Gasteiger charge is -2.06. The van der Waals surface area contributed by atoms with E-state index >= 15 is 0 Å². The van der Waals surface area contributed by atoms with E-state index in [1.807, 2.05) is 6.92 Å². The summed E-state index contributed by atoms with van der Waals surface area (Å²) in [6, 6.07) is 0. The van der Waals surface area contributed by atoms with Crippen LogP contribution in [0.2, 0.25) is 0 Å². The molecule has 0 N–H and O–H groups in total. The first kappa shape index (κ1) is 6.71. The summed E-state index contributed by atoms with van der Waals surface area (Å²) in [4.78, 5) is 10.2. The monoisotopic (exact) mass is 130 g/mol. The Hall–Kier alpha value is -0.410. The van der Waals surface area contributed by atoms with Crippen molar-refractivity contribution < 1.29 is 14.3 Å². The second-order valence-corrected chi connectivity index (χ2v) is 2.00. The van der Waals surface area contributed by atoms with E-state index in [9.17, 15) is 4.79 Å². The lowest BCUT2D eigenvalue weighted by atomic mass is 10.2. The maximum Gasteiger partial charge on any atom is 0.151 e. The van der Waals surface area contributed by atoms with Gasteiger partial charge in [0.1, 0.15) is 12.9 Å². The summed E-state index contributed by atoms with van der Waals surface area (Å²) in [5.41, 5.74) is 0. The number of aldehydes is 1. The molecule has 3 nitrogen and oxygen atoms in total. The molecule has 0 spiro atoms. The van der Waals surface area contributed by atoms with Crippen molar-refractivity contribution in [2.75, 3.05) is 6.79 Å². The van der Waals surface area contributed by atoms with Gasteiger partial charge in [0.2, 0.25) is 0 Å². The highest BCUT2D eigenvalue weighted by atomic mass is 16.7. The Labute approximate surface area is 53.9 Å². The zero-order valence-electron chi connectivity index (χ0n) is 5.37. The third-order valence-corrected chi connectivity index (χ3v) is 1.45. The third-order valence-electron chi connectivity index (χ3n) is 1.45. The van der Waals surface area contributed by atoms with Crippen LogP contribution in [0.3, 0.4) is 0 Å². The molecule has 1 heterocycles.